The number of rotatable bonds is 5. The highest BCUT2D eigenvalue weighted by atomic mass is 19.3. The number of hydrogen-bond acceptors (Lipinski definition) is 6. The predicted molar refractivity (Wildman–Crippen MR) is 88.2 cm³/mol. The van der Waals surface area contributed by atoms with E-state index in [9.17, 15) is 23.5 Å². The fraction of sp³-hybridized carbons (Fsp3) is 0.263. The summed E-state index contributed by atoms with van der Waals surface area (Å²) >= 11 is 0. The van der Waals surface area contributed by atoms with E-state index in [0.29, 0.717) is 0 Å². The molecule has 3 rings (SSSR count). The van der Waals surface area contributed by atoms with Crippen LogP contribution in [0.3, 0.4) is 0 Å². The van der Waals surface area contributed by atoms with Crippen LogP contribution in [0.5, 0.6) is 0 Å². The maximum atomic E-state index is 14.5. The molecule has 27 heavy (non-hydrogen) atoms. The van der Waals surface area contributed by atoms with E-state index in [4.69, 9.17) is 14.2 Å². The van der Waals surface area contributed by atoms with Crippen LogP contribution in [0.2, 0.25) is 0 Å². The van der Waals surface area contributed by atoms with Crippen molar-refractivity contribution in [1.29, 1.82) is 0 Å². The van der Waals surface area contributed by atoms with Crippen molar-refractivity contribution in [2.24, 2.45) is 0 Å². The zero-order valence-corrected chi connectivity index (χ0v) is 14.0. The van der Waals surface area contributed by atoms with Gasteiger partial charge in [0.1, 0.15) is 6.61 Å². The monoisotopic (exact) mass is 378 g/mol. The van der Waals surface area contributed by atoms with Gasteiger partial charge in [-0.15, -0.1) is 0 Å². The summed E-state index contributed by atoms with van der Waals surface area (Å²) in [6.45, 7) is -0.808. The maximum absolute atomic E-state index is 14.5. The van der Waals surface area contributed by atoms with E-state index >= 15 is 0 Å². The predicted octanol–water partition coefficient (Wildman–Crippen LogP) is 2.42. The molecule has 8 heteroatoms. The second-order valence-electron chi connectivity index (χ2n) is 5.85. The molecule has 1 heterocycles. The highest BCUT2D eigenvalue weighted by Gasteiger charge is 2.61. The number of ether oxygens (including phenoxy) is 3. The Morgan fingerprint density at radius 1 is 0.963 bits per heavy atom. The SMILES string of the molecule is O=C(OC[C@H]1OC(O)[C@H](OC(=O)c2ccccc2)C1(F)F)c1ccccc1. The standard InChI is InChI=1S/C19H16F2O6/c20-19(21)14(11-25-16(22)12-7-3-1-4-8-12)26-18(24)15(19)27-17(23)13-9-5-2-6-10-13/h1-10,14-15,18,24H,11H2/t14-,15+,18?/m1/s1. The molecular formula is C19H16F2O6. The molecule has 0 radical (unpaired) electrons. The first kappa shape index (κ1) is 18.9. The van der Waals surface area contributed by atoms with Gasteiger partial charge in [0.25, 0.3) is 0 Å². The molecule has 0 aliphatic carbocycles. The van der Waals surface area contributed by atoms with Crippen molar-refractivity contribution >= 4 is 11.9 Å². The van der Waals surface area contributed by atoms with Crippen molar-refractivity contribution < 1.29 is 37.7 Å². The van der Waals surface area contributed by atoms with E-state index in [1.807, 2.05) is 0 Å². The lowest BCUT2D eigenvalue weighted by Crippen LogP contribution is -2.44. The molecule has 142 valence electrons. The fourth-order valence-electron chi connectivity index (χ4n) is 2.56. The van der Waals surface area contributed by atoms with E-state index in [0.717, 1.165) is 0 Å². The maximum Gasteiger partial charge on any atom is 0.338 e. The molecule has 0 saturated carbocycles. The summed E-state index contributed by atoms with van der Waals surface area (Å²) in [5, 5.41) is 9.75. The largest absolute Gasteiger partial charge is 0.459 e. The molecule has 1 unspecified atom stereocenters. The molecule has 2 aromatic rings. The molecule has 1 N–H and O–H groups in total. The minimum atomic E-state index is -3.75. The first-order valence-electron chi connectivity index (χ1n) is 8.09. The lowest BCUT2D eigenvalue weighted by atomic mass is 10.1. The lowest BCUT2D eigenvalue weighted by Gasteiger charge is -2.22. The van der Waals surface area contributed by atoms with Crippen LogP contribution in [-0.4, -0.2) is 48.1 Å². The smallest absolute Gasteiger partial charge is 0.338 e. The Balaban J connectivity index is 1.63. The Kier molecular flexibility index (Phi) is 5.48. The van der Waals surface area contributed by atoms with E-state index < -0.39 is 43.0 Å². The summed E-state index contributed by atoms with van der Waals surface area (Å²) in [4.78, 5) is 23.9. The second-order valence-corrected chi connectivity index (χ2v) is 5.85. The van der Waals surface area contributed by atoms with Gasteiger partial charge in [-0.1, -0.05) is 36.4 Å². The molecule has 1 aliphatic heterocycles. The minimum absolute atomic E-state index is 0.0551. The van der Waals surface area contributed by atoms with Crippen molar-refractivity contribution in [3.63, 3.8) is 0 Å². The van der Waals surface area contributed by atoms with Crippen LogP contribution < -0.4 is 0 Å². The zero-order chi connectivity index (χ0) is 19.4. The van der Waals surface area contributed by atoms with Gasteiger partial charge in [0, 0.05) is 0 Å². The number of carbonyl (C=O) groups excluding carboxylic acids is 2. The average Bonchev–Trinajstić information content (AvgIpc) is 2.90. The number of benzene rings is 2. The third kappa shape index (κ3) is 4.12. The minimum Gasteiger partial charge on any atom is -0.459 e. The van der Waals surface area contributed by atoms with E-state index in [1.54, 1.807) is 36.4 Å². The highest BCUT2D eigenvalue weighted by Crippen LogP contribution is 2.38. The Labute approximate surface area is 153 Å². The van der Waals surface area contributed by atoms with Crippen LogP contribution in [0.4, 0.5) is 8.78 Å². The Hall–Kier alpha value is -2.84. The summed E-state index contributed by atoms with van der Waals surface area (Å²) in [6, 6.07) is 15.3. The van der Waals surface area contributed by atoms with Gasteiger partial charge in [0.2, 0.25) is 6.10 Å². The third-order valence-electron chi connectivity index (χ3n) is 3.99. The van der Waals surface area contributed by atoms with E-state index in [2.05, 4.69) is 0 Å². The van der Waals surface area contributed by atoms with Crippen molar-refractivity contribution in [2.45, 2.75) is 24.4 Å². The number of hydrogen-bond donors (Lipinski definition) is 1. The van der Waals surface area contributed by atoms with E-state index in [1.165, 1.54) is 24.3 Å². The van der Waals surface area contributed by atoms with Gasteiger partial charge in [0.05, 0.1) is 11.1 Å². The summed E-state index contributed by atoms with van der Waals surface area (Å²) in [7, 11) is 0. The molecule has 1 aliphatic rings. The number of halogens is 2. The summed E-state index contributed by atoms with van der Waals surface area (Å²) < 4.78 is 43.3. The number of aliphatic hydroxyl groups excluding tert-OH is 1. The van der Waals surface area contributed by atoms with Crippen LogP contribution in [0.25, 0.3) is 0 Å². The zero-order valence-electron chi connectivity index (χ0n) is 14.0. The molecular weight excluding hydrogens is 362 g/mol. The van der Waals surface area contributed by atoms with Gasteiger partial charge in [-0.25, -0.2) is 9.59 Å². The number of carbonyl (C=O) groups is 2. The van der Waals surface area contributed by atoms with Crippen molar-refractivity contribution in [3.8, 4) is 0 Å². The Bertz CT molecular complexity index is 796. The lowest BCUT2D eigenvalue weighted by molar-refractivity contribution is -0.136. The van der Waals surface area contributed by atoms with Crippen molar-refractivity contribution in [2.75, 3.05) is 6.61 Å². The molecule has 3 atom stereocenters. The molecule has 0 bridgehead atoms. The van der Waals surface area contributed by atoms with Gasteiger partial charge in [-0.3, -0.25) is 0 Å². The van der Waals surface area contributed by atoms with Crippen molar-refractivity contribution in [3.05, 3.63) is 71.8 Å². The number of alkyl halides is 2. The van der Waals surface area contributed by atoms with Crippen LogP contribution >= 0.6 is 0 Å². The van der Waals surface area contributed by atoms with Gasteiger partial charge in [-0.05, 0) is 24.3 Å². The van der Waals surface area contributed by atoms with Gasteiger partial charge < -0.3 is 19.3 Å². The van der Waals surface area contributed by atoms with Crippen LogP contribution in [0, 0.1) is 0 Å². The first-order valence-corrected chi connectivity index (χ1v) is 8.09. The highest BCUT2D eigenvalue weighted by molar-refractivity contribution is 5.90. The van der Waals surface area contributed by atoms with E-state index in [-0.39, 0.29) is 11.1 Å². The third-order valence-corrected chi connectivity index (χ3v) is 3.99. The van der Waals surface area contributed by atoms with Gasteiger partial charge >= 0.3 is 17.9 Å². The normalized spacial score (nSPS) is 23.6. The van der Waals surface area contributed by atoms with Crippen molar-refractivity contribution in [1.82, 2.24) is 0 Å². The molecule has 6 nitrogen and oxygen atoms in total. The molecule has 0 aromatic heterocycles. The number of esters is 2. The molecule has 1 saturated heterocycles. The van der Waals surface area contributed by atoms with Crippen LogP contribution in [-0.2, 0) is 14.2 Å². The Morgan fingerprint density at radius 3 is 2.04 bits per heavy atom. The van der Waals surface area contributed by atoms with Gasteiger partial charge in [0.15, 0.2) is 12.4 Å². The summed E-state index contributed by atoms with van der Waals surface area (Å²) in [5.74, 6) is -5.58. The molecule has 2 aromatic carbocycles. The topological polar surface area (TPSA) is 82.1 Å². The second kappa shape index (κ2) is 7.81. The quantitative estimate of drug-likeness (QED) is 0.805. The summed E-state index contributed by atoms with van der Waals surface area (Å²) in [6.07, 6.45) is -6.22. The molecule has 1 fully saturated rings. The van der Waals surface area contributed by atoms with Gasteiger partial charge in [-0.2, -0.15) is 8.78 Å². The molecule has 0 spiro atoms. The van der Waals surface area contributed by atoms with Crippen LogP contribution in [0.1, 0.15) is 20.7 Å². The fourth-order valence-corrected chi connectivity index (χ4v) is 2.56. The average molecular weight is 378 g/mol. The first-order chi connectivity index (χ1) is 12.9. The molecule has 0 amide bonds. The van der Waals surface area contributed by atoms with Crippen LogP contribution in [0.15, 0.2) is 60.7 Å². The summed E-state index contributed by atoms with van der Waals surface area (Å²) in [5.41, 5.74) is 0.242. The number of aliphatic hydroxyl groups is 1. The Morgan fingerprint density at radius 2 is 1.48 bits per heavy atom.